The molecule has 0 aliphatic heterocycles. The Kier molecular flexibility index (Phi) is 7.29. The number of carbonyl (C=O) groups excluding carboxylic acids is 1. The lowest BCUT2D eigenvalue weighted by Crippen LogP contribution is -2.49. The summed E-state index contributed by atoms with van der Waals surface area (Å²) in [6.45, 7) is 1.69. The van der Waals surface area contributed by atoms with E-state index in [1.54, 1.807) is 26.1 Å². The number of carbonyl (C=O) groups is 1. The summed E-state index contributed by atoms with van der Waals surface area (Å²) < 4.78 is 16.0. The molecule has 0 aliphatic carbocycles. The van der Waals surface area contributed by atoms with E-state index in [2.05, 4.69) is 0 Å². The number of hydrogen-bond acceptors (Lipinski definition) is 5. The van der Waals surface area contributed by atoms with Gasteiger partial charge in [-0.3, -0.25) is 4.79 Å². The average Bonchev–Trinajstić information content (AvgIpc) is 2.66. The Morgan fingerprint density at radius 2 is 1.50 bits per heavy atom. The van der Waals surface area contributed by atoms with Crippen molar-refractivity contribution in [2.45, 2.75) is 12.5 Å². The summed E-state index contributed by atoms with van der Waals surface area (Å²) in [5.74, 6) is 1.14. The zero-order valence-corrected chi connectivity index (χ0v) is 16.4. The molecule has 2 aromatic rings. The maximum atomic E-state index is 13.0. The van der Waals surface area contributed by atoms with Crippen LogP contribution in [0.1, 0.15) is 12.5 Å². The van der Waals surface area contributed by atoms with E-state index in [4.69, 9.17) is 19.9 Å². The average molecular weight is 381 g/mol. The van der Waals surface area contributed by atoms with E-state index in [9.17, 15) is 4.79 Å². The Balaban J connectivity index is 0.00000338. The molecule has 7 heteroatoms. The number of anilines is 1. The van der Waals surface area contributed by atoms with Crippen LogP contribution in [0.25, 0.3) is 0 Å². The van der Waals surface area contributed by atoms with Gasteiger partial charge in [-0.25, -0.2) is 0 Å². The van der Waals surface area contributed by atoms with Crippen LogP contribution >= 0.6 is 12.4 Å². The topological polar surface area (TPSA) is 74.0 Å². The fourth-order valence-electron chi connectivity index (χ4n) is 2.63. The van der Waals surface area contributed by atoms with Crippen molar-refractivity contribution in [3.8, 4) is 17.2 Å². The molecule has 6 nitrogen and oxygen atoms in total. The van der Waals surface area contributed by atoms with Crippen LogP contribution < -0.4 is 24.8 Å². The number of amides is 1. The van der Waals surface area contributed by atoms with Gasteiger partial charge in [0.25, 0.3) is 5.91 Å². The summed E-state index contributed by atoms with van der Waals surface area (Å²) in [6, 6.07) is 12.7. The number of hydrogen-bond donors (Lipinski definition) is 1. The number of likely N-dealkylation sites (N-methyl/N-ethyl adjacent to an activating group) is 1. The molecule has 2 rings (SSSR count). The maximum absolute atomic E-state index is 13.0. The first-order valence-corrected chi connectivity index (χ1v) is 7.79. The SMILES string of the molecule is COc1cc(N(C)C(=O)C(C)(N)c2ccccc2)cc(OC)c1OC.Cl. The van der Waals surface area contributed by atoms with E-state index in [1.807, 2.05) is 30.3 Å². The number of benzene rings is 2. The second kappa shape index (κ2) is 8.78. The van der Waals surface area contributed by atoms with Gasteiger partial charge in [0.05, 0.1) is 27.0 Å². The Morgan fingerprint density at radius 1 is 1.00 bits per heavy atom. The molecule has 0 fully saturated rings. The highest BCUT2D eigenvalue weighted by molar-refractivity contribution is 6.00. The third kappa shape index (κ3) is 4.03. The molecule has 0 spiro atoms. The molecule has 1 unspecified atom stereocenters. The lowest BCUT2D eigenvalue weighted by atomic mass is 9.91. The van der Waals surface area contributed by atoms with Crippen LogP contribution in [-0.2, 0) is 10.3 Å². The Labute approximate surface area is 160 Å². The number of ether oxygens (including phenoxy) is 3. The number of nitrogens with two attached hydrogens (primary N) is 1. The van der Waals surface area contributed by atoms with Crippen LogP contribution in [0.3, 0.4) is 0 Å². The molecule has 142 valence electrons. The third-order valence-corrected chi connectivity index (χ3v) is 4.16. The van der Waals surface area contributed by atoms with Crippen molar-refractivity contribution in [1.29, 1.82) is 0 Å². The first kappa shape index (κ1) is 21.6. The molecule has 0 saturated carbocycles. The smallest absolute Gasteiger partial charge is 0.251 e. The zero-order valence-electron chi connectivity index (χ0n) is 15.6. The minimum absolute atomic E-state index is 0. The molecule has 1 atom stereocenters. The fraction of sp³-hybridized carbons (Fsp3) is 0.316. The van der Waals surface area contributed by atoms with Crippen molar-refractivity contribution >= 4 is 24.0 Å². The minimum Gasteiger partial charge on any atom is -0.493 e. The molecule has 0 aromatic heterocycles. The summed E-state index contributed by atoms with van der Waals surface area (Å²) >= 11 is 0. The van der Waals surface area contributed by atoms with Crippen molar-refractivity contribution in [2.24, 2.45) is 5.73 Å². The van der Waals surface area contributed by atoms with Crippen LogP contribution in [-0.4, -0.2) is 34.3 Å². The lowest BCUT2D eigenvalue weighted by molar-refractivity contribution is -0.123. The molecule has 2 aromatic carbocycles. The summed E-state index contributed by atoms with van der Waals surface area (Å²) in [7, 11) is 6.25. The van der Waals surface area contributed by atoms with E-state index < -0.39 is 5.54 Å². The van der Waals surface area contributed by atoms with Crippen molar-refractivity contribution in [3.05, 3.63) is 48.0 Å². The van der Waals surface area contributed by atoms with E-state index in [0.717, 1.165) is 5.56 Å². The molecular formula is C19H25ClN2O4. The molecule has 0 bridgehead atoms. The minimum atomic E-state index is -1.17. The summed E-state index contributed by atoms with van der Waals surface area (Å²) in [4.78, 5) is 14.5. The Hall–Kier alpha value is -2.44. The van der Waals surface area contributed by atoms with Gasteiger partial charge in [-0.15, -0.1) is 12.4 Å². The molecule has 26 heavy (non-hydrogen) atoms. The Morgan fingerprint density at radius 3 is 1.92 bits per heavy atom. The number of nitrogens with zero attached hydrogens (tertiary/aromatic N) is 1. The van der Waals surface area contributed by atoms with Gasteiger partial charge in [0.15, 0.2) is 11.5 Å². The van der Waals surface area contributed by atoms with Gasteiger partial charge in [0.1, 0.15) is 5.54 Å². The highest BCUT2D eigenvalue weighted by atomic mass is 35.5. The van der Waals surface area contributed by atoms with E-state index in [0.29, 0.717) is 22.9 Å². The first-order chi connectivity index (χ1) is 11.9. The van der Waals surface area contributed by atoms with Crippen molar-refractivity contribution in [1.82, 2.24) is 0 Å². The second-order valence-electron chi connectivity index (χ2n) is 5.82. The molecule has 0 aliphatic rings. The number of methoxy groups -OCH3 is 3. The molecule has 0 heterocycles. The van der Waals surface area contributed by atoms with Crippen LogP contribution in [0.5, 0.6) is 17.2 Å². The third-order valence-electron chi connectivity index (χ3n) is 4.16. The fourth-order valence-corrected chi connectivity index (χ4v) is 2.63. The zero-order chi connectivity index (χ0) is 18.6. The summed E-state index contributed by atoms with van der Waals surface area (Å²) in [5, 5.41) is 0. The van der Waals surface area contributed by atoms with Crippen LogP contribution in [0.15, 0.2) is 42.5 Å². The van der Waals surface area contributed by atoms with E-state index in [-0.39, 0.29) is 18.3 Å². The Bertz CT molecular complexity index is 725. The molecule has 1 amide bonds. The van der Waals surface area contributed by atoms with Crippen LogP contribution in [0.2, 0.25) is 0 Å². The maximum Gasteiger partial charge on any atom is 0.251 e. The number of rotatable bonds is 6. The van der Waals surface area contributed by atoms with Crippen LogP contribution in [0, 0.1) is 0 Å². The largest absolute Gasteiger partial charge is 0.493 e. The number of halogens is 1. The standard InChI is InChI=1S/C19H24N2O4.ClH/c1-19(20,13-9-7-6-8-10-13)18(22)21(2)14-11-15(23-3)17(25-5)16(12-14)24-4;/h6-12H,20H2,1-5H3;1H. The van der Waals surface area contributed by atoms with Gasteiger partial charge in [0.2, 0.25) is 5.75 Å². The van der Waals surface area contributed by atoms with Crippen molar-refractivity contribution in [3.63, 3.8) is 0 Å². The quantitative estimate of drug-likeness (QED) is 0.833. The van der Waals surface area contributed by atoms with Crippen LogP contribution in [0.4, 0.5) is 5.69 Å². The normalized spacial score (nSPS) is 12.4. The van der Waals surface area contributed by atoms with E-state index >= 15 is 0 Å². The van der Waals surface area contributed by atoms with Gasteiger partial charge < -0.3 is 24.8 Å². The molecule has 0 saturated heterocycles. The van der Waals surface area contributed by atoms with Crippen molar-refractivity contribution in [2.75, 3.05) is 33.3 Å². The molecule has 0 radical (unpaired) electrons. The van der Waals surface area contributed by atoms with Gasteiger partial charge in [-0.1, -0.05) is 30.3 Å². The second-order valence-corrected chi connectivity index (χ2v) is 5.82. The van der Waals surface area contributed by atoms with E-state index in [1.165, 1.54) is 26.2 Å². The highest BCUT2D eigenvalue weighted by Crippen LogP contribution is 2.41. The van der Waals surface area contributed by atoms with Gasteiger partial charge >= 0.3 is 0 Å². The summed E-state index contributed by atoms with van der Waals surface area (Å²) in [5.41, 5.74) is 6.49. The molecule has 2 N–H and O–H groups in total. The van der Waals surface area contributed by atoms with Crippen molar-refractivity contribution < 1.29 is 19.0 Å². The molecular weight excluding hydrogens is 356 g/mol. The monoisotopic (exact) mass is 380 g/mol. The lowest BCUT2D eigenvalue weighted by Gasteiger charge is -2.30. The summed E-state index contributed by atoms with van der Waals surface area (Å²) in [6.07, 6.45) is 0. The first-order valence-electron chi connectivity index (χ1n) is 7.79. The highest BCUT2D eigenvalue weighted by Gasteiger charge is 2.34. The van der Waals surface area contributed by atoms with Gasteiger partial charge in [0, 0.05) is 19.2 Å². The predicted octanol–water partition coefficient (Wildman–Crippen LogP) is 2.97. The van der Waals surface area contributed by atoms with Gasteiger partial charge in [-0.2, -0.15) is 0 Å². The predicted molar refractivity (Wildman–Crippen MR) is 105 cm³/mol. The van der Waals surface area contributed by atoms with Gasteiger partial charge in [-0.05, 0) is 12.5 Å².